The lowest BCUT2D eigenvalue weighted by atomic mass is 10.1. The first kappa shape index (κ1) is 17.7. The van der Waals surface area contributed by atoms with Crippen LogP contribution in [0.1, 0.15) is 53.4 Å². The van der Waals surface area contributed by atoms with Gasteiger partial charge in [-0.25, -0.2) is 9.59 Å². The van der Waals surface area contributed by atoms with Gasteiger partial charge >= 0.3 is 12.1 Å². The summed E-state index contributed by atoms with van der Waals surface area (Å²) in [5, 5.41) is 0. The van der Waals surface area contributed by atoms with Gasteiger partial charge in [0, 0.05) is 6.54 Å². The second-order valence-corrected chi connectivity index (χ2v) is 4.30. The fraction of sp³-hybridized carbons (Fsp3) is 0.857. The largest absolute Gasteiger partial charge is 0.464 e. The number of ether oxygens (including phenoxy) is 2. The molecular weight excluding hydrogens is 246 g/mol. The zero-order chi connectivity index (χ0) is 14.7. The van der Waals surface area contributed by atoms with Gasteiger partial charge in [0.2, 0.25) is 0 Å². The maximum Gasteiger partial charge on any atom is 0.410 e. The van der Waals surface area contributed by atoms with E-state index in [1.807, 2.05) is 6.92 Å². The van der Waals surface area contributed by atoms with Crippen LogP contribution >= 0.6 is 0 Å². The third kappa shape index (κ3) is 6.45. The van der Waals surface area contributed by atoms with Gasteiger partial charge in [0.15, 0.2) is 0 Å². The van der Waals surface area contributed by atoms with Crippen LogP contribution in [0.15, 0.2) is 0 Å². The molecule has 1 unspecified atom stereocenters. The van der Waals surface area contributed by atoms with Gasteiger partial charge in [-0.15, -0.1) is 0 Å². The summed E-state index contributed by atoms with van der Waals surface area (Å²) in [4.78, 5) is 25.4. The molecular formula is C14H27NO4. The number of rotatable bonds is 9. The van der Waals surface area contributed by atoms with Crippen LogP contribution in [0, 0.1) is 0 Å². The van der Waals surface area contributed by atoms with E-state index in [0.717, 1.165) is 19.3 Å². The van der Waals surface area contributed by atoms with Crippen LogP contribution in [0.2, 0.25) is 0 Å². The zero-order valence-corrected chi connectivity index (χ0v) is 12.6. The van der Waals surface area contributed by atoms with E-state index in [1.165, 1.54) is 4.90 Å². The predicted octanol–water partition coefficient (Wildman–Crippen LogP) is 2.98. The summed E-state index contributed by atoms with van der Waals surface area (Å²) in [5.41, 5.74) is 0. The van der Waals surface area contributed by atoms with Gasteiger partial charge < -0.3 is 9.47 Å². The molecule has 0 aromatic carbocycles. The van der Waals surface area contributed by atoms with Crippen LogP contribution in [-0.4, -0.2) is 42.8 Å². The molecule has 0 heterocycles. The Labute approximate surface area is 116 Å². The number of unbranched alkanes of at least 4 members (excludes halogenated alkanes) is 1. The number of amides is 1. The molecule has 0 fully saturated rings. The third-order valence-corrected chi connectivity index (χ3v) is 2.73. The van der Waals surface area contributed by atoms with Crippen molar-refractivity contribution in [2.24, 2.45) is 0 Å². The molecule has 0 saturated heterocycles. The van der Waals surface area contributed by atoms with Gasteiger partial charge in [0.25, 0.3) is 0 Å². The maximum atomic E-state index is 12.0. The molecule has 5 heteroatoms. The van der Waals surface area contributed by atoms with E-state index in [4.69, 9.17) is 9.47 Å². The van der Waals surface area contributed by atoms with Gasteiger partial charge in [0.1, 0.15) is 6.04 Å². The number of nitrogens with zero attached hydrogens (tertiary/aromatic N) is 1. The highest BCUT2D eigenvalue weighted by Gasteiger charge is 2.30. The summed E-state index contributed by atoms with van der Waals surface area (Å²) in [6, 6.07) is -0.529. The lowest BCUT2D eigenvalue weighted by Gasteiger charge is -2.29. The van der Waals surface area contributed by atoms with Crippen molar-refractivity contribution in [2.45, 2.75) is 59.4 Å². The Morgan fingerprint density at radius 1 is 1.00 bits per heavy atom. The highest BCUT2D eigenvalue weighted by molar-refractivity contribution is 5.81. The van der Waals surface area contributed by atoms with E-state index >= 15 is 0 Å². The third-order valence-electron chi connectivity index (χ3n) is 2.73. The molecule has 0 radical (unpaired) electrons. The minimum Gasteiger partial charge on any atom is -0.464 e. The van der Waals surface area contributed by atoms with E-state index in [0.29, 0.717) is 26.2 Å². The Bertz CT molecular complexity index is 268. The smallest absolute Gasteiger partial charge is 0.410 e. The lowest BCUT2D eigenvalue weighted by Crippen LogP contribution is -2.46. The van der Waals surface area contributed by atoms with E-state index in [9.17, 15) is 9.59 Å². The average Bonchev–Trinajstić information content (AvgIpc) is 2.38. The minimum absolute atomic E-state index is 0.308. The maximum absolute atomic E-state index is 12.0. The van der Waals surface area contributed by atoms with Crippen LogP contribution in [0.5, 0.6) is 0 Å². The fourth-order valence-electron chi connectivity index (χ4n) is 1.86. The number of esters is 1. The molecule has 0 aromatic rings. The molecule has 0 N–H and O–H groups in total. The van der Waals surface area contributed by atoms with Crippen molar-refractivity contribution in [3.63, 3.8) is 0 Å². The van der Waals surface area contributed by atoms with Gasteiger partial charge in [-0.2, -0.15) is 0 Å². The highest BCUT2D eigenvalue weighted by Crippen LogP contribution is 2.13. The Hall–Kier alpha value is -1.26. The zero-order valence-electron chi connectivity index (χ0n) is 12.6. The Morgan fingerprint density at radius 3 is 2.11 bits per heavy atom. The molecule has 0 bridgehead atoms. The monoisotopic (exact) mass is 273 g/mol. The Balaban J connectivity index is 4.88. The van der Waals surface area contributed by atoms with E-state index in [1.54, 1.807) is 13.8 Å². The number of carbonyl (C=O) groups excluding carboxylic acids is 2. The van der Waals surface area contributed by atoms with Gasteiger partial charge in [0.05, 0.1) is 13.2 Å². The molecule has 112 valence electrons. The molecule has 0 rings (SSSR count). The van der Waals surface area contributed by atoms with E-state index in [2.05, 4.69) is 6.92 Å². The highest BCUT2D eigenvalue weighted by atomic mass is 16.6. The predicted molar refractivity (Wildman–Crippen MR) is 74.0 cm³/mol. The molecule has 1 atom stereocenters. The van der Waals surface area contributed by atoms with Crippen molar-refractivity contribution in [2.75, 3.05) is 19.8 Å². The molecule has 0 aliphatic rings. The fourth-order valence-corrected chi connectivity index (χ4v) is 1.86. The molecule has 19 heavy (non-hydrogen) atoms. The summed E-state index contributed by atoms with van der Waals surface area (Å²) >= 11 is 0. The summed E-state index contributed by atoms with van der Waals surface area (Å²) in [6.45, 7) is 8.68. The van der Waals surface area contributed by atoms with Crippen LogP contribution in [0.4, 0.5) is 4.79 Å². The van der Waals surface area contributed by atoms with E-state index in [-0.39, 0.29) is 5.97 Å². The van der Waals surface area contributed by atoms with Crippen molar-refractivity contribution in [1.29, 1.82) is 0 Å². The SMILES string of the molecule is CCCCC(C(=O)OCC)N(CCC)C(=O)OCC. The van der Waals surface area contributed by atoms with Gasteiger partial charge in [-0.3, -0.25) is 4.90 Å². The standard InChI is InChI=1S/C14H27NO4/c1-5-9-10-12(13(16)18-7-3)15(11-6-2)14(17)19-8-4/h12H,5-11H2,1-4H3. The van der Waals surface area contributed by atoms with Gasteiger partial charge in [-0.1, -0.05) is 26.7 Å². The quantitative estimate of drug-likeness (QED) is 0.606. The normalized spacial score (nSPS) is 11.8. The average molecular weight is 273 g/mol. The van der Waals surface area contributed by atoms with Crippen LogP contribution < -0.4 is 0 Å². The summed E-state index contributed by atoms with van der Waals surface area (Å²) in [6.07, 6.45) is 2.81. The van der Waals surface area contributed by atoms with Crippen LogP contribution in [0.25, 0.3) is 0 Å². The molecule has 0 saturated carbocycles. The Morgan fingerprint density at radius 2 is 1.63 bits per heavy atom. The minimum atomic E-state index is -0.529. The molecule has 1 amide bonds. The molecule has 0 aliphatic carbocycles. The van der Waals surface area contributed by atoms with Crippen molar-refractivity contribution in [3.8, 4) is 0 Å². The van der Waals surface area contributed by atoms with Crippen LogP contribution in [-0.2, 0) is 14.3 Å². The summed E-state index contributed by atoms with van der Waals surface area (Å²) in [7, 11) is 0. The molecule has 5 nitrogen and oxygen atoms in total. The topological polar surface area (TPSA) is 55.8 Å². The Kier molecular flexibility index (Phi) is 9.94. The second kappa shape index (κ2) is 10.6. The number of hydrogen-bond donors (Lipinski definition) is 0. The van der Waals surface area contributed by atoms with Crippen molar-refractivity contribution in [1.82, 2.24) is 4.90 Å². The molecule has 0 aliphatic heterocycles. The van der Waals surface area contributed by atoms with Crippen LogP contribution in [0.3, 0.4) is 0 Å². The lowest BCUT2D eigenvalue weighted by molar-refractivity contribution is -0.149. The summed E-state index contributed by atoms with van der Waals surface area (Å²) < 4.78 is 10.1. The summed E-state index contributed by atoms with van der Waals surface area (Å²) in [5.74, 6) is -0.336. The first-order valence-electron chi connectivity index (χ1n) is 7.22. The number of hydrogen-bond acceptors (Lipinski definition) is 4. The van der Waals surface area contributed by atoms with Crippen molar-refractivity contribution >= 4 is 12.1 Å². The number of carbonyl (C=O) groups is 2. The first-order valence-corrected chi connectivity index (χ1v) is 7.22. The van der Waals surface area contributed by atoms with Crippen molar-refractivity contribution < 1.29 is 19.1 Å². The van der Waals surface area contributed by atoms with Crippen molar-refractivity contribution in [3.05, 3.63) is 0 Å². The molecule has 0 spiro atoms. The van der Waals surface area contributed by atoms with Gasteiger partial charge in [-0.05, 0) is 26.7 Å². The van der Waals surface area contributed by atoms with E-state index < -0.39 is 12.1 Å². The first-order chi connectivity index (χ1) is 9.12. The second-order valence-electron chi connectivity index (χ2n) is 4.30. The molecule has 0 aromatic heterocycles.